The van der Waals surface area contributed by atoms with Gasteiger partial charge in [-0.25, -0.2) is 9.67 Å². The van der Waals surface area contributed by atoms with Crippen molar-refractivity contribution in [1.29, 1.82) is 0 Å². The van der Waals surface area contributed by atoms with Gasteiger partial charge < -0.3 is 4.52 Å². The third-order valence-corrected chi connectivity index (χ3v) is 3.44. The molecule has 0 aliphatic carbocycles. The Morgan fingerprint density at radius 1 is 1.30 bits per heavy atom. The van der Waals surface area contributed by atoms with Gasteiger partial charge in [-0.1, -0.05) is 42.4 Å². The van der Waals surface area contributed by atoms with Crippen LogP contribution in [0.3, 0.4) is 0 Å². The summed E-state index contributed by atoms with van der Waals surface area (Å²) in [5.41, 5.74) is 2.19. The molecule has 0 unspecified atom stereocenters. The molecule has 0 saturated heterocycles. The van der Waals surface area contributed by atoms with E-state index in [1.165, 1.54) is 0 Å². The average molecular weight is 311 g/mol. The van der Waals surface area contributed by atoms with Crippen molar-refractivity contribution < 1.29 is 9.32 Å². The molecular formula is C16H17N5O2. The molecule has 0 aliphatic heterocycles. The highest BCUT2D eigenvalue weighted by Gasteiger charge is 2.20. The molecule has 1 N–H and O–H groups in total. The number of benzene rings is 1. The number of hydrogen-bond acceptors (Lipinski definition) is 5. The summed E-state index contributed by atoms with van der Waals surface area (Å²) in [5.74, 6) is 0.440. The van der Waals surface area contributed by atoms with E-state index >= 15 is 0 Å². The lowest BCUT2D eigenvalue weighted by molar-refractivity contribution is 0.102. The van der Waals surface area contributed by atoms with Gasteiger partial charge in [0.15, 0.2) is 0 Å². The minimum Gasteiger partial charge on any atom is -0.361 e. The third kappa shape index (κ3) is 3.28. The van der Waals surface area contributed by atoms with Crippen molar-refractivity contribution in [3.05, 3.63) is 59.2 Å². The lowest BCUT2D eigenvalue weighted by atomic mass is 10.1. The van der Waals surface area contributed by atoms with E-state index in [4.69, 9.17) is 4.52 Å². The Labute approximate surface area is 133 Å². The Balaban J connectivity index is 1.71. The van der Waals surface area contributed by atoms with E-state index in [2.05, 4.69) is 20.6 Å². The minimum atomic E-state index is -0.307. The second kappa shape index (κ2) is 6.43. The molecule has 0 aliphatic rings. The maximum atomic E-state index is 12.3. The highest BCUT2D eigenvalue weighted by molar-refractivity contribution is 6.04. The van der Waals surface area contributed by atoms with Crippen molar-refractivity contribution in [3.8, 4) is 0 Å². The van der Waals surface area contributed by atoms with Gasteiger partial charge in [0.1, 0.15) is 17.7 Å². The molecule has 0 fully saturated rings. The maximum Gasteiger partial charge on any atom is 0.263 e. The normalized spacial score (nSPS) is 10.7. The first kappa shape index (κ1) is 15.0. The van der Waals surface area contributed by atoms with Crippen molar-refractivity contribution in [2.24, 2.45) is 0 Å². The summed E-state index contributed by atoms with van der Waals surface area (Å²) in [6.07, 6.45) is 2.21. The zero-order valence-corrected chi connectivity index (χ0v) is 13.0. The molecule has 7 nitrogen and oxygen atoms in total. The Morgan fingerprint density at radius 2 is 2.09 bits per heavy atom. The fourth-order valence-electron chi connectivity index (χ4n) is 2.31. The fraction of sp³-hybridized carbons (Fsp3) is 0.250. The topological polar surface area (TPSA) is 85.8 Å². The van der Waals surface area contributed by atoms with Crippen molar-refractivity contribution >= 4 is 11.9 Å². The van der Waals surface area contributed by atoms with Gasteiger partial charge in [0.25, 0.3) is 5.91 Å². The van der Waals surface area contributed by atoms with E-state index in [1.807, 2.05) is 37.3 Å². The van der Waals surface area contributed by atoms with Crippen molar-refractivity contribution in [2.45, 2.75) is 26.8 Å². The number of carbonyl (C=O) groups excluding carboxylic acids is 1. The first-order chi connectivity index (χ1) is 11.2. The number of nitrogens with zero attached hydrogens (tertiary/aromatic N) is 4. The largest absolute Gasteiger partial charge is 0.361 e. The number of carbonyl (C=O) groups is 1. The second-order valence-electron chi connectivity index (χ2n) is 5.12. The summed E-state index contributed by atoms with van der Waals surface area (Å²) in [4.78, 5) is 16.5. The van der Waals surface area contributed by atoms with Gasteiger partial charge in [-0.2, -0.15) is 0 Å². The van der Waals surface area contributed by atoms with E-state index in [1.54, 1.807) is 17.9 Å². The summed E-state index contributed by atoms with van der Waals surface area (Å²) in [6, 6.07) is 9.91. The lowest BCUT2D eigenvalue weighted by Crippen LogP contribution is -2.15. The summed E-state index contributed by atoms with van der Waals surface area (Å²) in [7, 11) is 0. The Bertz CT molecular complexity index is 807. The van der Waals surface area contributed by atoms with Crippen LogP contribution in [0.25, 0.3) is 0 Å². The van der Waals surface area contributed by atoms with E-state index < -0.39 is 0 Å². The molecule has 0 atom stereocenters. The Morgan fingerprint density at radius 3 is 2.83 bits per heavy atom. The molecule has 1 amide bonds. The van der Waals surface area contributed by atoms with Crippen LogP contribution in [0.5, 0.6) is 0 Å². The highest BCUT2D eigenvalue weighted by atomic mass is 16.5. The predicted molar refractivity (Wildman–Crippen MR) is 84.1 cm³/mol. The molecule has 2 aromatic heterocycles. The van der Waals surface area contributed by atoms with Crippen LogP contribution >= 0.6 is 0 Å². The molecule has 0 spiro atoms. The molecule has 7 heteroatoms. The van der Waals surface area contributed by atoms with Crippen LogP contribution in [0.15, 0.2) is 41.2 Å². The first-order valence-corrected chi connectivity index (χ1v) is 7.37. The summed E-state index contributed by atoms with van der Waals surface area (Å²) < 4.78 is 6.75. The Hall–Kier alpha value is -2.96. The maximum absolute atomic E-state index is 12.3. The van der Waals surface area contributed by atoms with Gasteiger partial charge in [-0.05, 0) is 18.9 Å². The van der Waals surface area contributed by atoms with Crippen LogP contribution < -0.4 is 5.32 Å². The number of rotatable bonds is 5. The standard InChI is InChI=1S/C16H17N5O2/c1-3-13-14(11(2)23-20-13)15(22)18-16-17-10-21(19-16)9-12-7-5-4-6-8-12/h4-8,10H,3,9H2,1-2H3,(H,18,19,22). The molecule has 2 heterocycles. The van der Waals surface area contributed by atoms with E-state index in [0.717, 1.165) is 5.56 Å². The summed E-state index contributed by atoms with van der Waals surface area (Å²) in [6.45, 7) is 4.22. The summed E-state index contributed by atoms with van der Waals surface area (Å²) in [5, 5.41) is 10.8. The number of aromatic nitrogens is 4. The average Bonchev–Trinajstić information content (AvgIpc) is 3.14. The van der Waals surface area contributed by atoms with Crippen LogP contribution in [0, 0.1) is 6.92 Å². The molecule has 1 aromatic carbocycles. The quantitative estimate of drug-likeness (QED) is 0.782. The Kier molecular flexibility index (Phi) is 4.18. The number of aryl methyl sites for hydroxylation is 2. The van der Waals surface area contributed by atoms with Crippen LogP contribution in [0.1, 0.15) is 34.3 Å². The van der Waals surface area contributed by atoms with Crippen molar-refractivity contribution in [3.63, 3.8) is 0 Å². The molecule has 3 aromatic rings. The molecule has 0 bridgehead atoms. The van der Waals surface area contributed by atoms with Gasteiger partial charge in [0, 0.05) is 0 Å². The van der Waals surface area contributed by atoms with Crippen molar-refractivity contribution in [1.82, 2.24) is 19.9 Å². The zero-order valence-electron chi connectivity index (χ0n) is 13.0. The van der Waals surface area contributed by atoms with Crippen LogP contribution in [-0.4, -0.2) is 25.8 Å². The SMILES string of the molecule is CCc1noc(C)c1C(=O)Nc1ncn(Cc2ccccc2)n1. The molecule has 3 rings (SSSR count). The van der Waals surface area contributed by atoms with Gasteiger partial charge in [-0.3, -0.25) is 10.1 Å². The van der Waals surface area contributed by atoms with Crippen molar-refractivity contribution in [2.75, 3.05) is 5.32 Å². The lowest BCUT2D eigenvalue weighted by Gasteiger charge is -2.01. The van der Waals surface area contributed by atoms with Gasteiger partial charge in [-0.15, -0.1) is 5.10 Å². The van der Waals surface area contributed by atoms with Gasteiger partial charge in [0.05, 0.1) is 12.2 Å². The third-order valence-electron chi connectivity index (χ3n) is 3.44. The van der Waals surface area contributed by atoms with Gasteiger partial charge >= 0.3 is 0 Å². The number of nitrogens with one attached hydrogen (secondary N) is 1. The zero-order chi connectivity index (χ0) is 16.2. The molecular weight excluding hydrogens is 294 g/mol. The number of amides is 1. The smallest absolute Gasteiger partial charge is 0.263 e. The van der Waals surface area contributed by atoms with Crippen LogP contribution in [-0.2, 0) is 13.0 Å². The number of anilines is 1. The molecule has 23 heavy (non-hydrogen) atoms. The molecule has 0 saturated carbocycles. The molecule has 118 valence electrons. The monoisotopic (exact) mass is 311 g/mol. The summed E-state index contributed by atoms with van der Waals surface area (Å²) >= 11 is 0. The van der Waals surface area contributed by atoms with E-state index in [9.17, 15) is 4.79 Å². The van der Waals surface area contributed by atoms with Crippen LogP contribution in [0.4, 0.5) is 5.95 Å². The first-order valence-electron chi connectivity index (χ1n) is 7.37. The van der Waals surface area contributed by atoms with Crippen LogP contribution in [0.2, 0.25) is 0 Å². The highest BCUT2D eigenvalue weighted by Crippen LogP contribution is 2.15. The predicted octanol–water partition coefficient (Wildman–Crippen LogP) is 2.44. The van der Waals surface area contributed by atoms with E-state index in [0.29, 0.717) is 30.0 Å². The second-order valence-corrected chi connectivity index (χ2v) is 5.12. The van der Waals surface area contributed by atoms with Gasteiger partial charge in [0.2, 0.25) is 5.95 Å². The minimum absolute atomic E-state index is 0.258. The fourth-order valence-corrected chi connectivity index (χ4v) is 2.31. The number of hydrogen-bond donors (Lipinski definition) is 1. The molecule has 0 radical (unpaired) electrons. The van der Waals surface area contributed by atoms with E-state index in [-0.39, 0.29) is 11.9 Å².